The lowest BCUT2D eigenvalue weighted by atomic mass is 10.1. The van der Waals surface area contributed by atoms with Crippen LogP contribution in [0.2, 0.25) is 0 Å². The van der Waals surface area contributed by atoms with Crippen LogP contribution in [0.5, 0.6) is 0 Å². The Bertz CT molecular complexity index is 1180. The van der Waals surface area contributed by atoms with E-state index in [0.29, 0.717) is 28.1 Å². The van der Waals surface area contributed by atoms with Crippen LogP contribution in [0.1, 0.15) is 15.9 Å². The van der Waals surface area contributed by atoms with E-state index in [1.165, 1.54) is 6.07 Å². The van der Waals surface area contributed by atoms with Crippen LogP contribution in [0.4, 0.5) is 5.82 Å². The van der Waals surface area contributed by atoms with Gasteiger partial charge in [0.15, 0.2) is 5.43 Å². The van der Waals surface area contributed by atoms with Gasteiger partial charge in [0, 0.05) is 23.4 Å². The molecule has 0 spiro atoms. The molecule has 0 saturated carbocycles. The standard InChI is InChI=1S/C22H16N2O3/c1-14-5-10-19-17(12-14)18(25)13-20(27-19)15-6-8-16(9-7-15)22(26)24-21-4-2-3-11-23-21/h2-13H,1H3,(H,23,24,26). The van der Waals surface area contributed by atoms with E-state index >= 15 is 0 Å². The van der Waals surface area contributed by atoms with Crippen molar-refractivity contribution in [3.05, 3.63) is 94.3 Å². The smallest absolute Gasteiger partial charge is 0.256 e. The zero-order valence-corrected chi connectivity index (χ0v) is 14.6. The van der Waals surface area contributed by atoms with Gasteiger partial charge in [0.1, 0.15) is 17.2 Å². The summed E-state index contributed by atoms with van der Waals surface area (Å²) in [5.41, 5.74) is 2.67. The van der Waals surface area contributed by atoms with Crippen LogP contribution in [-0.4, -0.2) is 10.9 Å². The van der Waals surface area contributed by atoms with Gasteiger partial charge in [-0.05, 0) is 43.3 Å². The first kappa shape index (κ1) is 16.7. The molecule has 4 aromatic rings. The van der Waals surface area contributed by atoms with Gasteiger partial charge in [-0.3, -0.25) is 9.59 Å². The van der Waals surface area contributed by atoms with E-state index in [9.17, 15) is 9.59 Å². The summed E-state index contributed by atoms with van der Waals surface area (Å²) in [5.74, 6) is 0.700. The molecular weight excluding hydrogens is 340 g/mol. The number of aromatic nitrogens is 1. The number of nitrogens with zero attached hydrogens (tertiary/aromatic N) is 1. The van der Waals surface area contributed by atoms with E-state index in [-0.39, 0.29) is 11.3 Å². The second kappa shape index (κ2) is 6.88. The zero-order chi connectivity index (χ0) is 18.8. The number of carbonyl (C=O) groups is 1. The molecule has 1 N–H and O–H groups in total. The lowest BCUT2D eigenvalue weighted by molar-refractivity contribution is 0.102. The van der Waals surface area contributed by atoms with Crippen LogP contribution in [0, 0.1) is 6.92 Å². The Hall–Kier alpha value is -3.73. The molecule has 4 rings (SSSR count). The predicted octanol–water partition coefficient (Wildman–Crippen LogP) is 4.42. The number of aryl methyl sites for hydroxylation is 1. The van der Waals surface area contributed by atoms with Crippen LogP contribution in [0.3, 0.4) is 0 Å². The minimum atomic E-state index is -0.254. The van der Waals surface area contributed by atoms with E-state index in [4.69, 9.17) is 4.42 Å². The van der Waals surface area contributed by atoms with E-state index < -0.39 is 0 Å². The minimum Gasteiger partial charge on any atom is -0.456 e. The van der Waals surface area contributed by atoms with Crippen LogP contribution >= 0.6 is 0 Å². The van der Waals surface area contributed by atoms with Crippen molar-refractivity contribution in [2.24, 2.45) is 0 Å². The maximum Gasteiger partial charge on any atom is 0.256 e. The van der Waals surface area contributed by atoms with E-state index in [0.717, 1.165) is 11.1 Å². The molecule has 27 heavy (non-hydrogen) atoms. The van der Waals surface area contributed by atoms with Crippen molar-refractivity contribution in [1.29, 1.82) is 0 Å². The summed E-state index contributed by atoms with van der Waals surface area (Å²) < 4.78 is 5.87. The van der Waals surface area contributed by atoms with Crippen molar-refractivity contribution in [2.75, 3.05) is 5.32 Å². The number of amides is 1. The largest absolute Gasteiger partial charge is 0.456 e. The van der Waals surface area contributed by atoms with Crippen LogP contribution in [0.25, 0.3) is 22.3 Å². The number of nitrogens with one attached hydrogen (secondary N) is 1. The van der Waals surface area contributed by atoms with Gasteiger partial charge in [-0.1, -0.05) is 29.8 Å². The SMILES string of the molecule is Cc1ccc2oc(-c3ccc(C(=O)Nc4ccccn4)cc3)cc(=O)c2c1. The fraction of sp³-hybridized carbons (Fsp3) is 0.0455. The average molecular weight is 356 g/mol. The van der Waals surface area contributed by atoms with E-state index in [1.54, 1.807) is 54.7 Å². The van der Waals surface area contributed by atoms with Crippen LogP contribution in [-0.2, 0) is 0 Å². The van der Waals surface area contributed by atoms with Gasteiger partial charge in [0.25, 0.3) is 5.91 Å². The normalized spacial score (nSPS) is 10.7. The second-order valence-electron chi connectivity index (χ2n) is 6.22. The maximum absolute atomic E-state index is 12.4. The summed E-state index contributed by atoms with van der Waals surface area (Å²) in [7, 11) is 0. The van der Waals surface area contributed by atoms with Gasteiger partial charge in [-0.15, -0.1) is 0 Å². The third kappa shape index (κ3) is 3.48. The van der Waals surface area contributed by atoms with Gasteiger partial charge < -0.3 is 9.73 Å². The number of benzene rings is 2. The third-order valence-electron chi connectivity index (χ3n) is 4.22. The van der Waals surface area contributed by atoms with Crippen molar-refractivity contribution in [1.82, 2.24) is 4.98 Å². The lowest BCUT2D eigenvalue weighted by Gasteiger charge is -2.06. The summed E-state index contributed by atoms with van der Waals surface area (Å²) in [5, 5.41) is 3.29. The van der Waals surface area contributed by atoms with Gasteiger partial charge in [-0.25, -0.2) is 4.98 Å². The molecule has 0 atom stereocenters. The molecule has 2 heterocycles. The number of fused-ring (bicyclic) bond motifs is 1. The highest BCUT2D eigenvalue weighted by Gasteiger charge is 2.10. The van der Waals surface area contributed by atoms with Crippen molar-refractivity contribution >= 4 is 22.7 Å². The molecule has 1 amide bonds. The predicted molar refractivity (Wildman–Crippen MR) is 105 cm³/mol. The average Bonchev–Trinajstić information content (AvgIpc) is 2.69. The number of pyridine rings is 1. The Morgan fingerprint density at radius 2 is 1.81 bits per heavy atom. The highest BCUT2D eigenvalue weighted by atomic mass is 16.3. The fourth-order valence-electron chi connectivity index (χ4n) is 2.82. The van der Waals surface area contributed by atoms with Crippen LogP contribution in [0.15, 0.2) is 82.1 Å². The summed E-state index contributed by atoms with van der Waals surface area (Å²) in [6.07, 6.45) is 1.61. The Morgan fingerprint density at radius 3 is 2.56 bits per heavy atom. The number of anilines is 1. The highest BCUT2D eigenvalue weighted by Crippen LogP contribution is 2.23. The highest BCUT2D eigenvalue weighted by molar-refractivity contribution is 6.04. The number of hydrogen-bond acceptors (Lipinski definition) is 4. The molecule has 0 aliphatic heterocycles. The first-order valence-electron chi connectivity index (χ1n) is 8.47. The maximum atomic E-state index is 12.4. The number of rotatable bonds is 3. The molecule has 0 radical (unpaired) electrons. The van der Waals surface area contributed by atoms with Gasteiger partial charge in [0.2, 0.25) is 0 Å². The van der Waals surface area contributed by atoms with E-state index in [1.807, 2.05) is 19.1 Å². The minimum absolute atomic E-state index is 0.0908. The first-order chi connectivity index (χ1) is 13.1. The van der Waals surface area contributed by atoms with Gasteiger partial charge >= 0.3 is 0 Å². The first-order valence-corrected chi connectivity index (χ1v) is 8.47. The van der Waals surface area contributed by atoms with Crippen molar-refractivity contribution < 1.29 is 9.21 Å². The molecule has 0 aliphatic rings. The second-order valence-corrected chi connectivity index (χ2v) is 6.22. The molecule has 2 aromatic carbocycles. The molecule has 0 saturated heterocycles. The molecule has 5 nitrogen and oxygen atoms in total. The summed E-state index contributed by atoms with van der Waals surface area (Å²) in [6, 6.07) is 19.2. The van der Waals surface area contributed by atoms with Crippen LogP contribution < -0.4 is 10.7 Å². The molecule has 0 fully saturated rings. The summed E-state index contributed by atoms with van der Waals surface area (Å²) in [6.45, 7) is 1.93. The van der Waals surface area contributed by atoms with Crippen molar-refractivity contribution in [3.8, 4) is 11.3 Å². The molecule has 2 aromatic heterocycles. The molecule has 0 unspecified atom stereocenters. The Kier molecular flexibility index (Phi) is 4.26. The summed E-state index contributed by atoms with van der Waals surface area (Å²) >= 11 is 0. The van der Waals surface area contributed by atoms with Gasteiger partial charge in [-0.2, -0.15) is 0 Å². The zero-order valence-electron chi connectivity index (χ0n) is 14.6. The lowest BCUT2D eigenvalue weighted by Crippen LogP contribution is -2.12. The Morgan fingerprint density at radius 1 is 1.00 bits per heavy atom. The fourth-order valence-corrected chi connectivity index (χ4v) is 2.82. The molecular formula is C22H16N2O3. The van der Waals surface area contributed by atoms with Crippen molar-refractivity contribution in [3.63, 3.8) is 0 Å². The topological polar surface area (TPSA) is 72.2 Å². The van der Waals surface area contributed by atoms with Gasteiger partial charge in [0.05, 0.1) is 5.39 Å². The number of hydrogen-bond donors (Lipinski definition) is 1. The molecule has 0 bridgehead atoms. The quantitative estimate of drug-likeness (QED) is 0.590. The molecule has 132 valence electrons. The summed E-state index contributed by atoms with van der Waals surface area (Å²) in [4.78, 5) is 28.7. The Labute approximate surface area is 155 Å². The Balaban J connectivity index is 1.62. The molecule has 0 aliphatic carbocycles. The third-order valence-corrected chi connectivity index (χ3v) is 4.22. The molecule has 5 heteroatoms. The van der Waals surface area contributed by atoms with E-state index in [2.05, 4.69) is 10.3 Å². The number of carbonyl (C=O) groups excluding carboxylic acids is 1. The monoisotopic (exact) mass is 356 g/mol. The van der Waals surface area contributed by atoms with Crippen molar-refractivity contribution in [2.45, 2.75) is 6.92 Å².